The summed E-state index contributed by atoms with van der Waals surface area (Å²) >= 11 is 6.46. The van der Waals surface area contributed by atoms with Gasteiger partial charge in [-0.15, -0.1) is 0 Å². The van der Waals surface area contributed by atoms with Gasteiger partial charge in [0.05, 0.1) is 17.0 Å². The van der Waals surface area contributed by atoms with Crippen LogP contribution in [0.1, 0.15) is 16.8 Å². The maximum Gasteiger partial charge on any atom is 0.251 e. The number of amides is 1. The zero-order chi connectivity index (χ0) is 23.2. The molecule has 0 radical (unpaired) electrons. The Bertz CT molecular complexity index is 1480. The summed E-state index contributed by atoms with van der Waals surface area (Å²) in [5.41, 5.74) is 3.63. The molecule has 2 heterocycles. The molecule has 3 aromatic carbocycles. The number of carbonyl (C=O) groups excluding carboxylic acids is 1. The summed E-state index contributed by atoms with van der Waals surface area (Å²) < 4.78 is 38.9. The van der Waals surface area contributed by atoms with Crippen molar-refractivity contribution in [3.63, 3.8) is 0 Å². The highest BCUT2D eigenvalue weighted by molar-refractivity contribution is 7.91. The number of halogens is 2. The number of hydrogen-bond donors (Lipinski definition) is 1. The van der Waals surface area contributed by atoms with Gasteiger partial charge < -0.3 is 9.88 Å². The van der Waals surface area contributed by atoms with E-state index in [1.807, 2.05) is 41.1 Å². The lowest BCUT2D eigenvalue weighted by Crippen LogP contribution is -2.35. The van der Waals surface area contributed by atoms with Crippen LogP contribution in [0.5, 0.6) is 0 Å². The van der Waals surface area contributed by atoms with Crippen molar-refractivity contribution in [3.05, 3.63) is 89.3 Å². The lowest BCUT2D eigenvalue weighted by molar-refractivity contribution is 0.0941. The highest BCUT2D eigenvalue weighted by Crippen LogP contribution is 2.36. The summed E-state index contributed by atoms with van der Waals surface area (Å²) in [4.78, 5) is 12.9. The highest BCUT2D eigenvalue weighted by atomic mass is 35.5. The molecule has 33 heavy (non-hydrogen) atoms. The van der Waals surface area contributed by atoms with Crippen LogP contribution in [0, 0.1) is 5.82 Å². The van der Waals surface area contributed by atoms with E-state index in [1.165, 1.54) is 12.1 Å². The van der Waals surface area contributed by atoms with Crippen LogP contribution in [-0.2, 0) is 9.84 Å². The van der Waals surface area contributed by atoms with Gasteiger partial charge in [-0.1, -0.05) is 35.9 Å². The predicted molar refractivity (Wildman–Crippen MR) is 128 cm³/mol. The minimum Gasteiger partial charge on any atom is -0.348 e. The molecule has 0 aliphatic carbocycles. The topological polar surface area (TPSA) is 68.2 Å². The largest absolute Gasteiger partial charge is 0.348 e. The second-order valence-corrected chi connectivity index (χ2v) is 10.8. The van der Waals surface area contributed by atoms with E-state index >= 15 is 0 Å². The second kappa shape index (κ2) is 8.32. The van der Waals surface area contributed by atoms with Crippen molar-refractivity contribution in [2.24, 2.45) is 0 Å². The second-order valence-electron chi connectivity index (χ2n) is 8.17. The molecule has 4 aromatic rings. The van der Waals surface area contributed by atoms with Crippen LogP contribution in [0.4, 0.5) is 4.39 Å². The normalized spacial score (nSPS) is 17.3. The Morgan fingerprint density at radius 2 is 1.79 bits per heavy atom. The summed E-state index contributed by atoms with van der Waals surface area (Å²) in [5.74, 6) is -0.617. The van der Waals surface area contributed by atoms with E-state index in [9.17, 15) is 17.6 Å². The maximum atomic E-state index is 13.5. The van der Waals surface area contributed by atoms with Crippen molar-refractivity contribution in [1.29, 1.82) is 0 Å². The van der Waals surface area contributed by atoms with Gasteiger partial charge >= 0.3 is 0 Å². The Hall–Kier alpha value is -3.16. The van der Waals surface area contributed by atoms with Gasteiger partial charge in [-0.25, -0.2) is 12.8 Å². The van der Waals surface area contributed by atoms with Crippen LogP contribution < -0.4 is 5.32 Å². The first kappa shape index (κ1) is 21.7. The van der Waals surface area contributed by atoms with Gasteiger partial charge in [0.15, 0.2) is 9.84 Å². The van der Waals surface area contributed by atoms with E-state index in [0.29, 0.717) is 17.0 Å². The molecule has 1 atom stereocenters. The van der Waals surface area contributed by atoms with Crippen molar-refractivity contribution < 1.29 is 17.6 Å². The molecule has 1 fully saturated rings. The van der Waals surface area contributed by atoms with Crippen molar-refractivity contribution in [2.75, 3.05) is 11.5 Å². The molecule has 5 rings (SSSR count). The van der Waals surface area contributed by atoms with Crippen LogP contribution in [0.2, 0.25) is 5.02 Å². The number of aromatic nitrogens is 1. The number of hydrogen-bond acceptors (Lipinski definition) is 3. The molecular weight excluding hydrogens is 463 g/mol. The molecule has 0 unspecified atom stereocenters. The smallest absolute Gasteiger partial charge is 0.251 e. The summed E-state index contributed by atoms with van der Waals surface area (Å²) in [6.07, 6.45) is 2.34. The van der Waals surface area contributed by atoms with Gasteiger partial charge in [0, 0.05) is 45.0 Å². The molecule has 1 aliphatic rings. The zero-order valence-electron chi connectivity index (χ0n) is 17.5. The lowest BCUT2D eigenvalue weighted by Gasteiger charge is -2.12. The summed E-state index contributed by atoms with van der Waals surface area (Å²) in [6.45, 7) is 0. The first-order valence-corrected chi connectivity index (χ1v) is 12.7. The molecule has 5 nitrogen and oxygen atoms in total. The number of carbonyl (C=O) groups is 1. The molecular formula is C25H20ClFN2O3S. The van der Waals surface area contributed by atoms with E-state index in [4.69, 9.17) is 11.6 Å². The lowest BCUT2D eigenvalue weighted by atomic mass is 10.0. The van der Waals surface area contributed by atoms with Gasteiger partial charge in [0.1, 0.15) is 5.82 Å². The summed E-state index contributed by atoms with van der Waals surface area (Å²) in [6, 6.07) is 18.5. The Labute approximate surface area is 195 Å². The Morgan fingerprint density at radius 3 is 2.48 bits per heavy atom. The third kappa shape index (κ3) is 4.26. The molecule has 1 aliphatic heterocycles. The number of nitrogens with zero attached hydrogens (tertiary/aromatic N) is 1. The number of fused-ring (bicyclic) bond motifs is 1. The fourth-order valence-electron chi connectivity index (χ4n) is 4.26. The van der Waals surface area contributed by atoms with E-state index in [0.717, 1.165) is 27.7 Å². The van der Waals surface area contributed by atoms with Gasteiger partial charge in [0.25, 0.3) is 5.91 Å². The maximum absolute atomic E-state index is 13.5. The average molecular weight is 483 g/mol. The fraction of sp³-hybridized carbons (Fsp3) is 0.160. The van der Waals surface area contributed by atoms with E-state index in [-0.39, 0.29) is 29.3 Å². The SMILES string of the molecule is O=C(N[C@H]1CCS(=O)(=O)C1)c1ccc2c(-c3ccccc3Cl)cn(-c3ccc(F)cc3)c2c1. The molecule has 0 spiro atoms. The van der Waals surface area contributed by atoms with Crippen LogP contribution in [-0.4, -0.2) is 36.4 Å². The molecule has 8 heteroatoms. The minimum absolute atomic E-state index is 0.0381. The van der Waals surface area contributed by atoms with Crippen LogP contribution >= 0.6 is 11.6 Å². The standard InChI is InChI=1S/C25H20ClFN2O3S/c26-23-4-2-1-3-20(23)22-14-29(19-8-6-17(27)7-9-19)24-13-16(5-10-21(22)24)25(30)28-18-11-12-33(31,32)15-18/h1-10,13-14,18H,11-12,15H2,(H,28,30)/t18-/m0/s1. The van der Waals surface area contributed by atoms with Crippen LogP contribution in [0.25, 0.3) is 27.7 Å². The van der Waals surface area contributed by atoms with Crippen molar-refractivity contribution in [2.45, 2.75) is 12.5 Å². The summed E-state index contributed by atoms with van der Waals surface area (Å²) in [5, 5.41) is 4.31. The molecule has 1 amide bonds. The van der Waals surface area contributed by atoms with Crippen molar-refractivity contribution in [3.8, 4) is 16.8 Å². The predicted octanol–water partition coefficient (Wildman–Crippen LogP) is 5.01. The van der Waals surface area contributed by atoms with E-state index in [2.05, 4.69) is 5.32 Å². The molecule has 0 saturated carbocycles. The first-order chi connectivity index (χ1) is 15.8. The van der Waals surface area contributed by atoms with Crippen LogP contribution in [0.15, 0.2) is 72.9 Å². The Morgan fingerprint density at radius 1 is 1.03 bits per heavy atom. The number of rotatable bonds is 4. The zero-order valence-corrected chi connectivity index (χ0v) is 19.0. The van der Waals surface area contributed by atoms with Crippen molar-refractivity contribution >= 4 is 38.2 Å². The number of nitrogens with one attached hydrogen (secondary N) is 1. The van der Waals surface area contributed by atoms with Gasteiger partial charge in [0.2, 0.25) is 0 Å². The number of benzene rings is 3. The third-order valence-corrected chi connectivity index (χ3v) is 8.00. The highest BCUT2D eigenvalue weighted by Gasteiger charge is 2.29. The van der Waals surface area contributed by atoms with Gasteiger partial charge in [-0.3, -0.25) is 4.79 Å². The third-order valence-electron chi connectivity index (χ3n) is 5.90. The Balaban J connectivity index is 1.60. The Kier molecular flexibility index (Phi) is 5.46. The van der Waals surface area contributed by atoms with Gasteiger partial charge in [-0.05, 0) is 48.9 Å². The van der Waals surface area contributed by atoms with Crippen molar-refractivity contribution in [1.82, 2.24) is 9.88 Å². The first-order valence-electron chi connectivity index (χ1n) is 10.5. The molecule has 168 valence electrons. The molecule has 0 bridgehead atoms. The van der Waals surface area contributed by atoms with Crippen LogP contribution in [0.3, 0.4) is 0 Å². The van der Waals surface area contributed by atoms with E-state index in [1.54, 1.807) is 24.3 Å². The average Bonchev–Trinajstić information content (AvgIpc) is 3.33. The quantitative estimate of drug-likeness (QED) is 0.444. The monoisotopic (exact) mass is 482 g/mol. The van der Waals surface area contributed by atoms with E-state index < -0.39 is 9.84 Å². The van der Waals surface area contributed by atoms with Gasteiger partial charge in [-0.2, -0.15) is 0 Å². The fourth-order valence-corrected chi connectivity index (χ4v) is 6.17. The molecule has 1 N–H and O–H groups in total. The molecule has 1 aromatic heterocycles. The minimum atomic E-state index is -3.10. The summed E-state index contributed by atoms with van der Waals surface area (Å²) in [7, 11) is -3.10. The number of sulfone groups is 1. The molecule has 1 saturated heterocycles.